The van der Waals surface area contributed by atoms with Gasteiger partial charge in [-0.25, -0.2) is 4.79 Å². The number of hydrogen-bond acceptors (Lipinski definition) is 5. The van der Waals surface area contributed by atoms with E-state index in [1.54, 1.807) is 30.3 Å². The van der Waals surface area contributed by atoms with E-state index in [-0.39, 0.29) is 23.9 Å². The summed E-state index contributed by atoms with van der Waals surface area (Å²) in [5.74, 6) is -1.05. The number of unbranched alkanes of at least 4 members (excludes halogenated alkanes) is 14. The molecule has 39 heavy (non-hydrogen) atoms. The molecule has 2 rings (SSSR count). The number of ether oxygens (including phenoxy) is 1. The number of benzene rings is 2. The number of carbonyl (C=O) groups is 3. The van der Waals surface area contributed by atoms with E-state index in [1.165, 1.54) is 89.2 Å². The summed E-state index contributed by atoms with van der Waals surface area (Å²) in [7, 11) is 0. The number of nitrogens with two attached hydrogens (primary N) is 1. The highest BCUT2D eigenvalue weighted by molar-refractivity contribution is 6.00. The summed E-state index contributed by atoms with van der Waals surface area (Å²) in [5, 5.41) is 2.82. The smallest absolute Gasteiger partial charge is 0.338 e. The van der Waals surface area contributed by atoms with E-state index in [9.17, 15) is 14.4 Å². The number of nitrogen functional groups attached to an aromatic ring is 1. The van der Waals surface area contributed by atoms with Crippen molar-refractivity contribution < 1.29 is 19.1 Å². The lowest BCUT2D eigenvalue weighted by Gasteiger charge is -2.10. The summed E-state index contributed by atoms with van der Waals surface area (Å²) >= 11 is 0. The number of Topliss-reactive ketones (excluding diaryl/α,β-unsaturated/α-hetero) is 1. The maximum atomic E-state index is 12.5. The van der Waals surface area contributed by atoms with Gasteiger partial charge in [0.05, 0.1) is 5.56 Å². The number of nitrogens with one attached hydrogen (secondary N) is 1. The zero-order valence-corrected chi connectivity index (χ0v) is 23.8. The minimum Gasteiger partial charge on any atom is -0.454 e. The maximum absolute atomic E-state index is 12.5. The van der Waals surface area contributed by atoms with Gasteiger partial charge in [-0.1, -0.05) is 127 Å². The Balaban J connectivity index is 1.56. The molecule has 0 atom stereocenters. The Hall–Kier alpha value is -3.15. The van der Waals surface area contributed by atoms with Crippen LogP contribution in [-0.2, 0) is 9.53 Å². The van der Waals surface area contributed by atoms with Crippen LogP contribution in [0.2, 0.25) is 0 Å². The summed E-state index contributed by atoms with van der Waals surface area (Å²) in [6, 6.07) is 13.3. The SMILES string of the molecule is CCCCCCCCCCCCCCCCCC(=O)Nc1cc(N)cc(C(=O)OCC(=O)c2ccccc2)c1. The number of ketones is 1. The zero-order valence-electron chi connectivity index (χ0n) is 23.8. The summed E-state index contributed by atoms with van der Waals surface area (Å²) in [6.45, 7) is 1.90. The van der Waals surface area contributed by atoms with Gasteiger partial charge in [-0.3, -0.25) is 9.59 Å². The second-order valence-corrected chi connectivity index (χ2v) is 10.5. The van der Waals surface area contributed by atoms with Crippen LogP contribution in [0.15, 0.2) is 48.5 Å². The molecule has 0 unspecified atom stereocenters. The van der Waals surface area contributed by atoms with Gasteiger partial charge < -0.3 is 15.8 Å². The van der Waals surface area contributed by atoms with Crippen LogP contribution in [0.5, 0.6) is 0 Å². The lowest BCUT2D eigenvalue weighted by molar-refractivity contribution is -0.116. The molecule has 6 heteroatoms. The average molecular weight is 537 g/mol. The molecule has 0 saturated heterocycles. The monoisotopic (exact) mass is 536 g/mol. The molecule has 1 amide bonds. The predicted molar refractivity (Wildman–Crippen MR) is 160 cm³/mol. The molecule has 0 spiro atoms. The van der Waals surface area contributed by atoms with Crippen molar-refractivity contribution in [3.63, 3.8) is 0 Å². The molecule has 0 fully saturated rings. The molecule has 2 aromatic rings. The van der Waals surface area contributed by atoms with Crippen molar-refractivity contribution >= 4 is 29.0 Å². The van der Waals surface area contributed by atoms with Gasteiger partial charge in [0.25, 0.3) is 0 Å². The van der Waals surface area contributed by atoms with Crippen molar-refractivity contribution in [1.82, 2.24) is 0 Å². The third-order valence-corrected chi connectivity index (χ3v) is 6.91. The van der Waals surface area contributed by atoms with Crippen molar-refractivity contribution in [3.05, 3.63) is 59.7 Å². The molecule has 6 nitrogen and oxygen atoms in total. The van der Waals surface area contributed by atoms with Gasteiger partial charge in [-0.15, -0.1) is 0 Å². The Morgan fingerprint density at radius 3 is 1.79 bits per heavy atom. The van der Waals surface area contributed by atoms with E-state index in [1.807, 2.05) is 6.07 Å². The second kappa shape index (κ2) is 19.9. The van der Waals surface area contributed by atoms with Crippen LogP contribution in [0, 0.1) is 0 Å². The molecule has 0 saturated carbocycles. The fourth-order valence-electron chi connectivity index (χ4n) is 4.64. The first-order chi connectivity index (χ1) is 19.0. The first kappa shape index (κ1) is 32.1. The van der Waals surface area contributed by atoms with Crippen molar-refractivity contribution in [2.75, 3.05) is 17.7 Å². The number of hydrogen-bond donors (Lipinski definition) is 2. The van der Waals surface area contributed by atoms with Gasteiger partial charge in [-0.2, -0.15) is 0 Å². The molecule has 0 radical (unpaired) electrons. The second-order valence-electron chi connectivity index (χ2n) is 10.5. The summed E-state index contributed by atoms with van der Waals surface area (Å²) in [5.41, 5.74) is 7.38. The molecule has 0 aliphatic heterocycles. The summed E-state index contributed by atoms with van der Waals surface area (Å²) < 4.78 is 5.16. The molecule has 0 aliphatic rings. The van der Waals surface area contributed by atoms with E-state index in [4.69, 9.17) is 10.5 Å². The minimum atomic E-state index is -0.663. The summed E-state index contributed by atoms with van der Waals surface area (Å²) in [4.78, 5) is 37.0. The maximum Gasteiger partial charge on any atom is 0.338 e. The standard InChI is InChI=1S/C33H48N2O4/c1-2-3-4-5-6-7-8-9-10-11-12-13-14-15-19-22-32(37)35-30-24-28(23-29(34)25-30)33(38)39-26-31(36)27-20-17-16-18-21-27/h16-18,20-21,23-25H,2-15,19,22,26,34H2,1H3,(H,35,37). The quantitative estimate of drug-likeness (QED) is 0.0721. The van der Waals surface area contributed by atoms with E-state index in [0.29, 0.717) is 23.4 Å². The van der Waals surface area contributed by atoms with Crippen LogP contribution in [0.3, 0.4) is 0 Å². The van der Waals surface area contributed by atoms with E-state index < -0.39 is 5.97 Å². The number of amides is 1. The predicted octanol–water partition coefficient (Wildman–Crippen LogP) is 8.51. The van der Waals surface area contributed by atoms with Crippen molar-refractivity contribution in [2.24, 2.45) is 0 Å². The van der Waals surface area contributed by atoms with Crippen LogP contribution in [0.4, 0.5) is 11.4 Å². The first-order valence-electron chi connectivity index (χ1n) is 15.0. The molecular weight excluding hydrogens is 488 g/mol. The molecule has 214 valence electrons. The van der Waals surface area contributed by atoms with Gasteiger partial charge >= 0.3 is 5.97 Å². The van der Waals surface area contributed by atoms with Gasteiger partial charge in [0.2, 0.25) is 5.91 Å². The Bertz CT molecular complexity index is 990. The zero-order chi connectivity index (χ0) is 28.1. The highest BCUT2D eigenvalue weighted by Crippen LogP contribution is 2.19. The molecule has 2 aromatic carbocycles. The Kier molecular flexibility index (Phi) is 16.3. The Morgan fingerprint density at radius 2 is 1.23 bits per heavy atom. The number of rotatable bonds is 21. The molecule has 0 aliphatic carbocycles. The third kappa shape index (κ3) is 14.5. The van der Waals surface area contributed by atoms with Crippen molar-refractivity contribution in [2.45, 2.75) is 110 Å². The van der Waals surface area contributed by atoms with Gasteiger partial charge in [-0.05, 0) is 24.6 Å². The average Bonchev–Trinajstić information content (AvgIpc) is 2.93. The normalized spacial score (nSPS) is 10.8. The van der Waals surface area contributed by atoms with Crippen LogP contribution in [0.25, 0.3) is 0 Å². The van der Waals surface area contributed by atoms with Gasteiger partial charge in [0.15, 0.2) is 12.4 Å². The van der Waals surface area contributed by atoms with Crippen LogP contribution < -0.4 is 11.1 Å². The van der Waals surface area contributed by atoms with Crippen LogP contribution in [-0.4, -0.2) is 24.3 Å². The highest BCUT2D eigenvalue weighted by Gasteiger charge is 2.14. The van der Waals surface area contributed by atoms with Crippen LogP contribution >= 0.6 is 0 Å². The molecular formula is C33H48N2O4. The van der Waals surface area contributed by atoms with Gasteiger partial charge in [0.1, 0.15) is 0 Å². The van der Waals surface area contributed by atoms with E-state index >= 15 is 0 Å². The fraction of sp³-hybridized carbons (Fsp3) is 0.545. The fourth-order valence-corrected chi connectivity index (χ4v) is 4.64. The molecule has 0 bridgehead atoms. The largest absolute Gasteiger partial charge is 0.454 e. The summed E-state index contributed by atoms with van der Waals surface area (Å²) in [6.07, 6.45) is 19.7. The molecule has 0 heterocycles. The Morgan fingerprint density at radius 1 is 0.692 bits per heavy atom. The highest BCUT2D eigenvalue weighted by atomic mass is 16.5. The number of carbonyl (C=O) groups excluding carboxylic acids is 3. The van der Waals surface area contributed by atoms with Crippen LogP contribution in [0.1, 0.15) is 130 Å². The molecule has 3 N–H and O–H groups in total. The van der Waals surface area contributed by atoms with Gasteiger partial charge in [0, 0.05) is 23.4 Å². The minimum absolute atomic E-state index is 0.103. The van der Waals surface area contributed by atoms with Crippen molar-refractivity contribution in [3.8, 4) is 0 Å². The number of esters is 1. The lowest BCUT2D eigenvalue weighted by atomic mass is 10.0. The topological polar surface area (TPSA) is 98.5 Å². The third-order valence-electron chi connectivity index (χ3n) is 6.91. The number of anilines is 2. The van der Waals surface area contributed by atoms with E-state index in [2.05, 4.69) is 12.2 Å². The van der Waals surface area contributed by atoms with E-state index in [0.717, 1.165) is 19.3 Å². The lowest BCUT2D eigenvalue weighted by Crippen LogP contribution is -2.15. The molecule has 0 aromatic heterocycles. The first-order valence-corrected chi connectivity index (χ1v) is 15.0. The Labute approximate surface area is 235 Å². The van der Waals surface area contributed by atoms with Crippen molar-refractivity contribution in [1.29, 1.82) is 0 Å².